The van der Waals surface area contributed by atoms with Crippen LogP contribution in [0.15, 0.2) is 24.3 Å². The number of carbonyl (C=O) groups excluding carboxylic acids is 1. The molecule has 0 aromatic heterocycles. The Morgan fingerprint density at radius 1 is 1.15 bits per heavy atom. The molecule has 1 aliphatic carbocycles. The summed E-state index contributed by atoms with van der Waals surface area (Å²) >= 11 is 0. The van der Waals surface area contributed by atoms with E-state index in [1.807, 2.05) is 19.1 Å². The van der Waals surface area contributed by atoms with E-state index in [9.17, 15) is 4.79 Å². The van der Waals surface area contributed by atoms with Crippen molar-refractivity contribution in [3.63, 3.8) is 0 Å². The van der Waals surface area contributed by atoms with Gasteiger partial charge in [0.05, 0.1) is 11.7 Å². The molecule has 0 spiro atoms. The molecule has 0 bridgehead atoms. The third-order valence-corrected chi connectivity index (χ3v) is 6.69. The maximum Gasteiger partial charge on any atom is 0.227 e. The molecule has 3 atom stereocenters. The number of rotatable bonds is 5. The van der Waals surface area contributed by atoms with Gasteiger partial charge in [0.15, 0.2) is 0 Å². The number of carbonyl (C=O) groups is 1. The Kier molecular flexibility index (Phi) is 5.04. The minimum atomic E-state index is -0.00303. The molecule has 2 heterocycles. The third-order valence-electron chi connectivity index (χ3n) is 6.69. The molecule has 1 amide bonds. The highest BCUT2D eigenvalue weighted by molar-refractivity contribution is 5.95. The highest BCUT2D eigenvalue weighted by Gasteiger charge is 2.50. The van der Waals surface area contributed by atoms with E-state index in [4.69, 9.17) is 9.47 Å². The molecule has 5 nitrogen and oxygen atoms in total. The molecule has 5 heteroatoms. The highest BCUT2D eigenvalue weighted by Crippen LogP contribution is 2.43. The molecule has 3 aliphatic rings. The summed E-state index contributed by atoms with van der Waals surface area (Å²) in [4.78, 5) is 16.4. The van der Waals surface area contributed by atoms with Gasteiger partial charge in [-0.15, -0.1) is 0 Å². The van der Waals surface area contributed by atoms with Crippen LogP contribution < -0.4 is 4.90 Å². The molecule has 1 saturated carbocycles. The number of likely N-dealkylation sites (tertiary alicyclic amines) is 1. The first kappa shape index (κ1) is 18.0. The lowest BCUT2D eigenvalue weighted by atomic mass is 9.79. The van der Waals surface area contributed by atoms with E-state index < -0.39 is 0 Å². The summed E-state index contributed by atoms with van der Waals surface area (Å²) in [6.07, 6.45) is 6.31. The van der Waals surface area contributed by atoms with Crippen molar-refractivity contribution in [2.45, 2.75) is 62.8 Å². The summed E-state index contributed by atoms with van der Waals surface area (Å²) in [6.45, 7) is 2.85. The number of amides is 1. The Morgan fingerprint density at radius 2 is 1.96 bits per heavy atom. The lowest BCUT2D eigenvalue weighted by molar-refractivity contribution is -0.117. The van der Waals surface area contributed by atoms with Crippen molar-refractivity contribution >= 4 is 11.6 Å². The van der Waals surface area contributed by atoms with Crippen LogP contribution in [0.5, 0.6) is 0 Å². The normalized spacial score (nSPS) is 32.2. The molecule has 26 heavy (non-hydrogen) atoms. The molecular formula is C21H30N2O3. The standard InChI is InChI=1S/C21H30N2O3/c1-25-18-9-10-21(26-2)11-13-22(19(21)14-18)15-16-5-7-17(8-6-16)23-12-3-4-20(23)24/h5-8,18-19H,3-4,9-15H2,1-2H3/t18-,19+,21-/m1/s1. The number of fused-ring (bicyclic) bond motifs is 1. The number of methoxy groups -OCH3 is 2. The molecule has 0 N–H and O–H groups in total. The van der Waals surface area contributed by atoms with Crippen molar-refractivity contribution in [2.24, 2.45) is 0 Å². The van der Waals surface area contributed by atoms with Crippen LogP contribution in [0.2, 0.25) is 0 Å². The monoisotopic (exact) mass is 358 g/mol. The predicted molar refractivity (Wildman–Crippen MR) is 101 cm³/mol. The van der Waals surface area contributed by atoms with Crippen molar-refractivity contribution in [3.05, 3.63) is 29.8 Å². The Labute approximate surface area is 156 Å². The van der Waals surface area contributed by atoms with Crippen LogP contribution in [0.1, 0.15) is 44.1 Å². The second-order valence-corrected chi connectivity index (χ2v) is 7.95. The van der Waals surface area contributed by atoms with Gasteiger partial charge >= 0.3 is 0 Å². The van der Waals surface area contributed by atoms with E-state index in [1.165, 1.54) is 5.56 Å². The average molecular weight is 358 g/mol. The zero-order valence-corrected chi connectivity index (χ0v) is 15.9. The summed E-state index contributed by atoms with van der Waals surface area (Å²) < 4.78 is 11.7. The molecule has 0 unspecified atom stereocenters. The maximum atomic E-state index is 11.9. The van der Waals surface area contributed by atoms with Crippen LogP contribution in [0.4, 0.5) is 5.69 Å². The molecule has 1 aromatic rings. The molecule has 3 fully saturated rings. The van der Waals surface area contributed by atoms with Crippen LogP contribution in [-0.2, 0) is 20.8 Å². The maximum absolute atomic E-state index is 11.9. The summed E-state index contributed by atoms with van der Waals surface area (Å²) in [5, 5.41) is 0. The topological polar surface area (TPSA) is 42.0 Å². The smallest absolute Gasteiger partial charge is 0.227 e. The number of benzene rings is 1. The van der Waals surface area contributed by atoms with Crippen molar-refractivity contribution < 1.29 is 14.3 Å². The minimum absolute atomic E-state index is 0.00303. The van der Waals surface area contributed by atoms with Gasteiger partial charge in [-0.2, -0.15) is 0 Å². The SMILES string of the molecule is CO[C@@H]1CC[C@@]2(OC)CCN(Cc3ccc(N4CCCC4=O)cc3)[C@H]2C1. The lowest BCUT2D eigenvalue weighted by Crippen LogP contribution is -2.51. The molecule has 142 valence electrons. The van der Waals surface area contributed by atoms with Crippen molar-refractivity contribution in [2.75, 3.05) is 32.2 Å². The van der Waals surface area contributed by atoms with E-state index in [-0.39, 0.29) is 11.5 Å². The first-order chi connectivity index (χ1) is 12.6. The zero-order valence-electron chi connectivity index (χ0n) is 15.9. The Bertz CT molecular complexity index is 647. The molecule has 2 saturated heterocycles. The fourth-order valence-corrected chi connectivity index (χ4v) is 5.10. The van der Waals surface area contributed by atoms with E-state index >= 15 is 0 Å². The highest BCUT2D eigenvalue weighted by atomic mass is 16.5. The Hall–Kier alpha value is -1.43. The largest absolute Gasteiger partial charge is 0.381 e. The number of hydrogen-bond donors (Lipinski definition) is 0. The van der Waals surface area contributed by atoms with Gasteiger partial charge in [0.2, 0.25) is 5.91 Å². The number of nitrogens with zero attached hydrogens (tertiary/aromatic N) is 2. The molecule has 4 rings (SSSR count). The summed E-state index contributed by atoms with van der Waals surface area (Å²) in [5.74, 6) is 0.245. The number of anilines is 1. The third kappa shape index (κ3) is 3.17. The average Bonchev–Trinajstić information content (AvgIpc) is 3.26. The molecule has 2 aliphatic heterocycles. The van der Waals surface area contributed by atoms with Gasteiger partial charge in [-0.1, -0.05) is 12.1 Å². The van der Waals surface area contributed by atoms with Crippen LogP contribution in [0.25, 0.3) is 0 Å². The number of ether oxygens (including phenoxy) is 2. The predicted octanol–water partition coefficient (Wildman–Crippen LogP) is 2.97. The molecular weight excluding hydrogens is 328 g/mol. The van der Waals surface area contributed by atoms with Crippen LogP contribution in [0, 0.1) is 0 Å². The fourth-order valence-electron chi connectivity index (χ4n) is 5.10. The zero-order chi connectivity index (χ0) is 18.1. The van der Waals surface area contributed by atoms with Crippen molar-refractivity contribution in [3.8, 4) is 0 Å². The first-order valence-electron chi connectivity index (χ1n) is 9.86. The first-order valence-corrected chi connectivity index (χ1v) is 9.86. The van der Waals surface area contributed by atoms with Gasteiger partial charge in [0, 0.05) is 52.0 Å². The second kappa shape index (κ2) is 7.29. The van der Waals surface area contributed by atoms with Gasteiger partial charge < -0.3 is 14.4 Å². The van der Waals surface area contributed by atoms with E-state index in [0.29, 0.717) is 18.6 Å². The Balaban J connectivity index is 1.45. The van der Waals surface area contributed by atoms with Gasteiger partial charge in [-0.3, -0.25) is 9.69 Å². The van der Waals surface area contributed by atoms with Gasteiger partial charge in [0.25, 0.3) is 0 Å². The van der Waals surface area contributed by atoms with E-state index in [0.717, 1.165) is 57.4 Å². The molecule has 0 radical (unpaired) electrons. The second-order valence-electron chi connectivity index (χ2n) is 7.95. The van der Waals surface area contributed by atoms with Crippen molar-refractivity contribution in [1.29, 1.82) is 0 Å². The molecule has 1 aromatic carbocycles. The van der Waals surface area contributed by atoms with Crippen LogP contribution in [0.3, 0.4) is 0 Å². The minimum Gasteiger partial charge on any atom is -0.381 e. The van der Waals surface area contributed by atoms with E-state index in [1.54, 1.807) is 0 Å². The van der Waals surface area contributed by atoms with Crippen LogP contribution >= 0.6 is 0 Å². The van der Waals surface area contributed by atoms with Gasteiger partial charge in [-0.05, 0) is 49.8 Å². The summed E-state index contributed by atoms with van der Waals surface area (Å²) in [6, 6.07) is 8.95. The number of hydrogen-bond acceptors (Lipinski definition) is 4. The van der Waals surface area contributed by atoms with Gasteiger partial charge in [-0.25, -0.2) is 0 Å². The quantitative estimate of drug-likeness (QED) is 0.812. The summed E-state index contributed by atoms with van der Waals surface area (Å²) in [5.41, 5.74) is 2.32. The van der Waals surface area contributed by atoms with Crippen molar-refractivity contribution in [1.82, 2.24) is 4.90 Å². The Morgan fingerprint density at radius 3 is 2.62 bits per heavy atom. The summed E-state index contributed by atoms with van der Waals surface area (Å²) in [7, 11) is 3.69. The fraction of sp³-hybridized carbons (Fsp3) is 0.667. The lowest BCUT2D eigenvalue weighted by Gasteiger charge is -2.43. The van der Waals surface area contributed by atoms with E-state index in [2.05, 4.69) is 29.2 Å². The van der Waals surface area contributed by atoms with Crippen LogP contribution in [-0.4, -0.2) is 55.9 Å². The van der Waals surface area contributed by atoms with Gasteiger partial charge in [0.1, 0.15) is 0 Å².